The maximum absolute atomic E-state index is 13.5. The number of aliphatic carboxylic acids is 1. The van der Waals surface area contributed by atoms with Crippen molar-refractivity contribution in [3.63, 3.8) is 0 Å². The number of benzene rings is 1. The first kappa shape index (κ1) is 22.5. The SMILES string of the molecule is CS(=O)(=O)N1CC2(CC(C(=O)O)C1C(=O)N1CC=C(c3ccccc3)CC1)CC2C(N)=O. The van der Waals surface area contributed by atoms with Crippen molar-refractivity contribution in [2.24, 2.45) is 23.0 Å². The van der Waals surface area contributed by atoms with E-state index in [1.807, 2.05) is 36.4 Å². The molecule has 2 fully saturated rings. The molecule has 1 saturated carbocycles. The van der Waals surface area contributed by atoms with Crippen LogP contribution in [0.15, 0.2) is 36.4 Å². The van der Waals surface area contributed by atoms with Gasteiger partial charge in [-0.2, -0.15) is 4.31 Å². The molecule has 1 aromatic rings. The van der Waals surface area contributed by atoms with Gasteiger partial charge in [-0.25, -0.2) is 8.42 Å². The minimum absolute atomic E-state index is 0.0529. The third-order valence-corrected chi connectivity index (χ3v) is 8.19. The maximum Gasteiger partial charge on any atom is 0.308 e. The van der Waals surface area contributed by atoms with Gasteiger partial charge in [-0.1, -0.05) is 36.4 Å². The van der Waals surface area contributed by atoms with E-state index in [4.69, 9.17) is 5.73 Å². The lowest BCUT2D eigenvalue weighted by Gasteiger charge is -2.43. The highest BCUT2D eigenvalue weighted by Crippen LogP contribution is 2.60. The normalized spacial score (nSPS) is 30.6. The van der Waals surface area contributed by atoms with Crippen LogP contribution in [0.1, 0.15) is 24.8 Å². The summed E-state index contributed by atoms with van der Waals surface area (Å²) in [6.45, 7) is 0.576. The number of primary amides is 1. The van der Waals surface area contributed by atoms with Gasteiger partial charge in [0.15, 0.2) is 0 Å². The second-order valence-corrected chi connectivity index (χ2v) is 11.0. The largest absolute Gasteiger partial charge is 0.481 e. The van der Waals surface area contributed by atoms with E-state index < -0.39 is 51.1 Å². The molecule has 2 heterocycles. The Bertz CT molecular complexity index is 1090. The number of amides is 2. The first-order valence-corrected chi connectivity index (χ1v) is 12.4. The molecule has 1 aromatic carbocycles. The Morgan fingerprint density at radius 3 is 2.34 bits per heavy atom. The Labute approximate surface area is 186 Å². The number of rotatable bonds is 5. The Balaban J connectivity index is 1.60. The van der Waals surface area contributed by atoms with Crippen LogP contribution in [0.25, 0.3) is 5.57 Å². The van der Waals surface area contributed by atoms with Crippen molar-refractivity contribution < 1.29 is 27.9 Å². The minimum Gasteiger partial charge on any atom is -0.481 e. The topological polar surface area (TPSA) is 138 Å². The summed E-state index contributed by atoms with van der Waals surface area (Å²) in [7, 11) is -3.90. The van der Waals surface area contributed by atoms with Gasteiger partial charge in [0, 0.05) is 25.6 Å². The average molecular weight is 462 g/mol. The standard InChI is InChI=1S/C22H27N3O6S/c1-32(30,31)25-13-22(12-17(22)19(23)26)11-16(21(28)29)18(25)20(27)24-9-7-15(8-10-24)14-5-3-2-4-6-14/h2-7,16-18H,8-13H2,1H3,(H2,23,26)(H,28,29). The fraction of sp³-hybridized carbons (Fsp3) is 0.500. The molecule has 3 N–H and O–H groups in total. The Kier molecular flexibility index (Phi) is 5.62. The predicted molar refractivity (Wildman–Crippen MR) is 116 cm³/mol. The lowest BCUT2D eigenvalue weighted by Crippen LogP contribution is -2.61. The molecule has 10 heteroatoms. The highest BCUT2D eigenvalue weighted by atomic mass is 32.2. The number of carbonyl (C=O) groups excluding carboxylic acids is 2. The van der Waals surface area contributed by atoms with Crippen molar-refractivity contribution in [1.82, 2.24) is 9.21 Å². The van der Waals surface area contributed by atoms with Crippen LogP contribution in [0.2, 0.25) is 0 Å². The van der Waals surface area contributed by atoms with Crippen molar-refractivity contribution in [2.75, 3.05) is 25.9 Å². The minimum atomic E-state index is -3.90. The average Bonchev–Trinajstić information content (AvgIpc) is 3.46. The number of hydrogen-bond donors (Lipinski definition) is 2. The van der Waals surface area contributed by atoms with Crippen LogP contribution in [0.4, 0.5) is 0 Å². The van der Waals surface area contributed by atoms with Crippen LogP contribution in [0.5, 0.6) is 0 Å². The van der Waals surface area contributed by atoms with E-state index >= 15 is 0 Å². The van der Waals surface area contributed by atoms with E-state index in [9.17, 15) is 27.9 Å². The lowest BCUT2D eigenvalue weighted by molar-refractivity contribution is -0.154. The van der Waals surface area contributed by atoms with E-state index in [2.05, 4.69) is 0 Å². The summed E-state index contributed by atoms with van der Waals surface area (Å²) in [6.07, 6.45) is 3.87. The van der Waals surface area contributed by atoms with Crippen LogP contribution in [-0.4, -0.2) is 72.4 Å². The van der Waals surface area contributed by atoms with E-state index in [0.29, 0.717) is 19.4 Å². The van der Waals surface area contributed by atoms with Crippen molar-refractivity contribution in [3.8, 4) is 0 Å². The van der Waals surface area contributed by atoms with Crippen LogP contribution in [-0.2, 0) is 24.4 Å². The molecular weight excluding hydrogens is 434 g/mol. The van der Waals surface area contributed by atoms with E-state index in [1.54, 1.807) is 0 Å². The quantitative estimate of drug-likeness (QED) is 0.656. The van der Waals surface area contributed by atoms with E-state index in [1.165, 1.54) is 4.90 Å². The molecule has 32 heavy (non-hydrogen) atoms. The molecule has 4 atom stereocenters. The first-order valence-electron chi connectivity index (χ1n) is 10.6. The molecule has 0 bridgehead atoms. The zero-order valence-corrected chi connectivity index (χ0v) is 18.6. The lowest BCUT2D eigenvalue weighted by atomic mass is 9.80. The number of sulfonamides is 1. The number of nitrogens with two attached hydrogens (primary N) is 1. The third-order valence-electron chi connectivity index (χ3n) is 6.98. The molecule has 0 radical (unpaired) electrons. The molecule has 9 nitrogen and oxygen atoms in total. The number of hydrogen-bond acceptors (Lipinski definition) is 5. The summed E-state index contributed by atoms with van der Waals surface area (Å²) in [5, 5.41) is 9.89. The van der Waals surface area contributed by atoms with Gasteiger partial charge in [-0.05, 0) is 35.8 Å². The molecule has 4 rings (SSSR count). The van der Waals surface area contributed by atoms with E-state index in [-0.39, 0.29) is 19.5 Å². The smallest absolute Gasteiger partial charge is 0.308 e. The van der Waals surface area contributed by atoms with Gasteiger partial charge in [0.25, 0.3) is 0 Å². The number of carboxylic acid groups (broad SMARTS) is 1. The molecule has 3 aliphatic rings. The number of carboxylic acids is 1. The first-order chi connectivity index (χ1) is 15.0. The molecule has 0 aromatic heterocycles. The molecule has 1 saturated heterocycles. The predicted octanol–water partition coefficient (Wildman–Crippen LogP) is 0.529. The Morgan fingerprint density at radius 1 is 1.16 bits per heavy atom. The van der Waals surface area contributed by atoms with Gasteiger partial charge < -0.3 is 15.7 Å². The summed E-state index contributed by atoms with van der Waals surface area (Å²) in [4.78, 5) is 38.8. The van der Waals surface area contributed by atoms with Crippen molar-refractivity contribution in [1.29, 1.82) is 0 Å². The number of nitrogens with zero attached hydrogens (tertiary/aromatic N) is 2. The van der Waals surface area contributed by atoms with Crippen LogP contribution in [0.3, 0.4) is 0 Å². The summed E-state index contributed by atoms with van der Waals surface area (Å²) in [6, 6.07) is 8.43. The van der Waals surface area contributed by atoms with Crippen LogP contribution >= 0.6 is 0 Å². The monoisotopic (exact) mass is 461 g/mol. The highest BCUT2D eigenvalue weighted by molar-refractivity contribution is 7.88. The molecular formula is C22H27N3O6S. The summed E-state index contributed by atoms with van der Waals surface area (Å²) < 4.78 is 26.2. The second-order valence-electron chi connectivity index (χ2n) is 9.05. The Hall–Kier alpha value is -2.72. The summed E-state index contributed by atoms with van der Waals surface area (Å²) in [5.74, 6) is -4.14. The number of carbonyl (C=O) groups is 3. The van der Waals surface area contributed by atoms with Gasteiger partial charge in [0.2, 0.25) is 21.8 Å². The molecule has 1 spiro atoms. The fourth-order valence-corrected chi connectivity index (χ4v) is 6.33. The Morgan fingerprint density at radius 2 is 1.84 bits per heavy atom. The highest BCUT2D eigenvalue weighted by Gasteiger charge is 2.65. The molecule has 172 valence electrons. The fourth-order valence-electron chi connectivity index (χ4n) is 5.19. The van der Waals surface area contributed by atoms with Crippen molar-refractivity contribution >= 4 is 33.4 Å². The summed E-state index contributed by atoms with van der Waals surface area (Å²) in [5.41, 5.74) is 6.76. The maximum atomic E-state index is 13.5. The van der Waals surface area contributed by atoms with Gasteiger partial charge in [-0.3, -0.25) is 14.4 Å². The zero-order valence-electron chi connectivity index (χ0n) is 17.8. The van der Waals surface area contributed by atoms with Crippen LogP contribution in [0, 0.1) is 17.3 Å². The van der Waals surface area contributed by atoms with Gasteiger partial charge >= 0.3 is 5.97 Å². The van der Waals surface area contributed by atoms with Crippen LogP contribution < -0.4 is 5.73 Å². The van der Waals surface area contributed by atoms with E-state index in [0.717, 1.165) is 21.7 Å². The van der Waals surface area contributed by atoms with Crippen molar-refractivity contribution in [3.05, 3.63) is 42.0 Å². The van der Waals surface area contributed by atoms with Gasteiger partial charge in [0.1, 0.15) is 6.04 Å². The molecule has 1 aliphatic carbocycles. The number of piperidine rings is 1. The molecule has 2 aliphatic heterocycles. The van der Waals surface area contributed by atoms with Crippen molar-refractivity contribution in [2.45, 2.75) is 25.3 Å². The third kappa shape index (κ3) is 4.04. The van der Waals surface area contributed by atoms with Gasteiger partial charge in [0.05, 0.1) is 12.2 Å². The molecule has 2 amide bonds. The zero-order chi connectivity index (χ0) is 23.3. The summed E-state index contributed by atoms with van der Waals surface area (Å²) >= 11 is 0. The van der Waals surface area contributed by atoms with Gasteiger partial charge in [-0.15, -0.1) is 0 Å². The second kappa shape index (κ2) is 8.00. The molecule has 4 unspecified atom stereocenters.